The molecule has 0 saturated heterocycles. The van der Waals surface area contributed by atoms with Crippen LogP contribution in [0.2, 0.25) is 0 Å². The van der Waals surface area contributed by atoms with Crippen molar-refractivity contribution in [3.63, 3.8) is 0 Å². The molecule has 0 heterocycles. The third kappa shape index (κ3) is 7.90. The van der Waals surface area contributed by atoms with Crippen LogP contribution in [0.5, 0.6) is 5.75 Å². The van der Waals surface area contributed by atoms with Crippen LogP contribution in [0.4, 0.5) is 0 Å². The fourth-order valence-corrected chi connectivity index (χ4v) is 2.00. The molecular weight excluding hydrogens is 300 g/mol. The van der Waals surface area contributed by atoms with Gasteiger partial charge in [-0.2, -0.15) is 0 Å². The molecule has 0 unspecified atom stereocenters. The summed E-state index contributed by atoms with van der Waals surface area (Å²) in [4.78, 5) is 10.2. The number of carbonyl (C=O) groups excluding carboxylic acids is 1. The first-order valence-electron chi connectivity index (χ1n) is 8.32. The second-order valence-electron chi connectivity index (χ2n) is 5.27. The van der Waals surface area contributed by atoms with Crippen molar-refractivity contribution < 1.29 is 9.53 Å². The monoisotopic (exact) mass is 328 g/mol. The van der Waals surface area contributed by atoms with Crippen LogP contribution in [-0.2, 0) is 13.1 Å². The van der Waals surface area contributed by atoms with Crippen molar-refractivity contribution in [1.29, 1.82) is 0 Å². The van der Waals surface area contributed by atoms with Gasteiger partial charge in [-0.05, 0) is 48.5 Å². The Balaban J connectivity index is 0.000000254. The number of aldehydes is 1. The van der Waals surface area contributed by atoms with Gasteiger partial charge in [0.15, 0.2) is 0 Å². The van der Waals surface area contributed by atoms with Crippen molar-refractivity contribution in [3.05, 3.63) is 65.2 Å². The minimum Gasteiger partial charge on any atom is -0.497 e. The number of methoxy groups -OCH3 is 1. The van der Waals surface area contributed by atoms with Crippen LogP contribution in [0.25, 0.3) is 0 Å². The Kier molecular flexibility index (Phi) is 10.2. The highest BCUT2D eigenvalue weighted by atomic mass is 16.5. The van der Waals surface area contributed by atoms with E-state index in [2.05, 4.69) is 48.7 Å². The standard InChI is InChI=1S/C12H20N2.C8H8O2/c1-3-13-9-11-5-7-12(8-6-11)10-14-4-2;1-10-8-4-2-7(6-9)3-5-8/h5-8,13-14H,3-4,9-10H2,1-2H3;2-6H,1H3. The number of nitrogens with one attached hydrogen (secondary N) is 2. The van der Waals surface area contributed by atoms with Gasteiger partial charge in [0.25, 0.3) is 0 Å². The Labute approximate surface area is 145 Å². The van der Waals surface area contributed by atoms with E-state index in [0.717, 1.165) is 38.2 Å². The van der Waals surface area contributed by atoms with Crippen molar-refractivity contribution in [1.82, 2.24) is 10.6 Å². The van der Waals surface area contributed by atoms with Gasteiger partial charge in [-0.25, -0.2) is 0 Å². The summed E-state index contributed by atoms with van der Waals surface area (Å²) >= 11 is 0. The minimum absolute atomic E-state index is 0.667. The first kappa shape index (κ1) is 19.9. The normalized spacial score (nSPS) is 9.79. The molecule has 0 aliphatic heterocycles. The molecule has 0 saturated carbocycles. The Hall–Kier alpha value is -2.17. The van der Waals surface area contributed by atoms with Crippen LogP contribution in [-0.4, -0.2) is 26.5 Å². The van der Waals surface area contributed by atoms with Gasteiger partial charge in [0.05, 0.1) is 7.11 Å². The van der Waals surface area contributed by atoms with E-state index in [1.165, 1.54) is 11.1 Å². The van der Waals surface area contributed by atoms with Crippen molar-refractivity contribution in [2.24, 2.45) is 0 Å². The van der Waals surface area contributed by atoms with E-state index in [9.17, 15) is 4.79 Å². The van der Waals surface area contributed by atoms with Crippen molar-refractivity contribution in [2.45, 2.75) is 26.9 Å². The highest BCUT2D eigenvalue weighted by Crippen LogP contribution is 2.09. The molecule has 2 rings (SSSR count). The summed E-state index contributed by atoms with van der Waals surface area (Å²) in [6, 6.07) is 15.7. The maximum Gasteiger partial charge on any atom is 0.150 e. The molecule has 4 heteroatoms. The average molecular weight is 328 g/mol. The maximum absolute atomic E-state index is 10.2. The lowest BCUT2D eigenvalue weighted by Crippen LogP contribution is -2.13. The van der Waals surface area contributed by atoms with E-state index in [1.54, 1.807) is 31.4 Å². The van der Waals surface area contributed by atoms with Crippen LogP contribution in [0.15, 0.2) is 48.5 Å². The fourth-order valence-electron chi connectivity index (χ4n) is 2.00. The van der Waals surface area contributed by atoms with Crippen LogP contribution in [0.3, 0.4) is 0 Å². The second kappa shape index (κ2) is 12.3. The Morgan fingerprint density at radius 2 is 1.29 bits per heavy atom. The Morgan fingerprint density at radius 3 is 1.62 bits per heavy atom. The van der Waals surface area contributed by atoms with Crippen molar-refractivity contribution in [2.75, 3.05) is 20.2 Å². The van der Waals surface area contributed by atoms with E-state index >= 15 is 0 Å². The Bertz CT molecular complexity index is 538. The first-order chi connectivity index (χ1) is 11.7. The molecule has 0 fully saturated rings. The SMILES string of the molecule is CCNCc1ccc(CNCC)cc1.COc1ccc(C=O)cc1. The third-order valence-electron chi connectivity index (χ3n) is 3.43. The van der Waals surface area contributed by atoms with Gasteiger partial charge in [-0.15, -0.1) is 0 Å². The molecule has 2 aromatic rings. The minimum atomic E-state index is 0.667. The zero-order valence-corrected chi connectivity index (χ0v) is 14.8. The van der Waals surface area contributed by atoms with Crippen LogP contribution < -0.4 is 15.4 Å². The van der Waals surface area contributed by atoms with E-state index < -0.39 is 0 Å². The van der Waals surface area contributed by atoms with Gasteiger partial charge in [0.1, 0.15) is 12.0 Å². The fraction of sp³-hybridized carbons (Fsp3) is 0.350. The number of ether oxygens (including phenoxy) is 1. The number of hydrogen-bond acceptors (Lipinski definition) is 4. The summed E-state index contributed by atoms with van der Waals surface area (Å²) in [6.07, 6.45) is 0.805. The summed E-state index contributed by atoms with van der Waals surface area (Å²) in [5.74, 6) is 0.769. The quantitative estimate of drug-likeness (QED) is 0.729. The lowest BCUT2D eigenvalue weighted by atomic mass is 10.1. The molecular formula is C20H28N2O2. The summed E-state index contributed by atoms with van der Waals surface area (Å²) in [5.41, 5.74) is 3.37. The van der Waals surface area contributed by atoms with Gasteiger partial charge in [-0.1, -0.05) is 38.1 Å². The smallest absolute Gasteiger partial charge is 0.150 e. The molecule has 0 spiro atoms. The van der Waals surface area contributed by atoms with Crippen molar-refractivity contribution in [3.8, 4) is 5.75 Å². The summed E-state index contributed by atoms with van der Waals surface area (Å²) < 4.78 is 4.90. The lowest BCUT2D eigenvalue weighted by Gasteiger charge is -2.05. The molecule has 2 aromatic carbocycles. The van der Waals surface area contributed by atoms with Crippen LogP contribution in [0.1, 0.15) is 35.3 Å². The van der Waals surface area contributed by atoms with E-state index in [0.29, 0.717) is 5.56 Å². The molecule has 0 aromatic heterocycles. The van der Waals surface area contributed by atoms with Gasteiger partial charge in [0, 0.05) is 18.7 Å². The summed E-state index contributed by atoms with van der Waals surface area (Å²) in [5, 5.41) is 6.62. The summed E-state index contributed by atoms with van der Waals surface area (Å²) in [7, 11) is 1.59. The number of hydrogen-bond donors (Lipinski definition) is 2. The van der Waals surface area contributed by atoms with Crippen molar-refractivity contribution >= 4 is 6.29 Å². The topological polar surface area (TPSA) is 50.4 Å². The third-order valence-corrected chi connectivity index (χ3v) is 3.43. The van der Waals surface area contributed by atoms with E-state index in [-0.39, 0.29) is 0 Å². The van der Waals surface area contributed by atoms with Gasteiger partial charge in [-0.3, -0.25) is 4.79 Å². The molecule has 0 radical (unpaired) electrons. The predicted octanol–water partition coefficient (Wildman–Crippen LogP) is 3.41. The van der Waals surface area contributed by atoms with Crippen LogP contribution >= 0.6 is 0 Å². The summed E-state index contributed by atoms with van der Waals surface area (Å²) in [6.45, 7) is 8.24. The molecule has 0 aliphatic carbocycles. The molecule has 0 aliphatic rings. The zero-order chi connectivity index (χ0) is 17.6. The second-order valence-corrected chi connectivity index (χ2v) is 5.27. The zero-order valence-electron chi connectivity index (χ0n) is 14.8. The van der Waals surface area contributed by atoms with E-state index in [1.807, 2.05) is 0 Å². The number of rotatable bonds is 8. The molecule has 2 N–H and O–H groups in total. The number of benzene rings is 2. The van der Waals surface area contributed by atoms with Gasteiger partial charge in [0.2, 0.25) is 0 Å². The first-order valence-corrected chi connectivity index (χ1v) is 8.32. The Morgan fingerprint density at radius 1 is 0.833 bits per heavy atom. The predicted molar refractivity (Wildman–Crippen MR) is 99.6 cm³/mol. The lowest BCUT2D eigenvalue weighted by molar-refractivity contribution is 0.112. The highest BCUT2D eigenvalue weighted by Gasteiger charge is 1.93. The van der Waals surface area contributed by atoms with Crippen LogP contribution in [0, 0.1) is 0 Å². The molecule has 0 bridgehead atoms. The molecule has 4 nitrogen and oxygen atoms in total. The molecule has 0 amide bonds. The average Bonchev–Trinajstić information content (AvgIpc) is 2.66. The highest BCUT2D eigenvalue weighted by molar-refractivity contribution is 5.74. The number of carbonyl (C=O) groups is 1. The van der Waals surface area contributed by atoms with Gasteiger partial charge >= 0.3 is 0 Å². The largest absolute Gasteiger partial charge is 0.497 e. The molecule has 0 atom stereocenters. The van der Waals surface area contributed by atoms with Gasteiger partial charge < -0.3 is 15.4 Å². The molecule has 24 heavy (non-hydrogen) atoms. The maximum atomic E-state index is 10.2. The molecule has 130 valence electrons. The van der Waals surface area contributed by atoms with E-state index in [4.69, 9.17) is 4.74 Å².